The molecule has 0 aromatic heterocycles. The van der Waals surface area contributed by atoms with Gasteiger partial charge in [-0.25, -0.2) is 0 Å². The standard InChI is InChI=1S/C20H23NO/c1-3-8-18(9-4-1)10-7-13-20(19-11-5-2-6-12-19)21-14-16-22-17-15-21/h1-6,8-9,11-13H,7,10,14-17H2/b20-13+. The molecule has 3 rings (SSSR count). The first kappa shape index (κ1) is 14.9. The van der Waals surface area contributed by atoms with Crippen LogP contribution in [0, 0.1) is 0 Å². The van der Waals surface area contributed by atoms with Crippen LogP contribution in [0.5, 0.6) is 0 Å². The first-order chi connectivity index (χ1) is 10.9. The average molecular weight is 293 g/mol. The molecule has 0 radical (unpaired) electrons. The molecule has 0 N–H and O–H groups in total. The molecule has 0 atom stereocenters. The zero-order chi connectivity index (χ0) is 15.0. The number of rotatable bonds is 5. The van der Waals surface area contributed by atoms with E-state index in [9.17, 15) is 0 Å². The van der Waals surface area contributed by atoms with Gasteiger partial charge in [-0.1, -0.05) is 66.7 Å². The molecule has 0 aliphatic carbocycles. The van der Waals surface area contributed by atoms with E-state index in [0.29, 0.717) is 0 Å². The van der Waals surface area contributed by atoms with E-state index >= 15 is 0 Å². The smallest absolute Gasteiger partial charge is 0.0642 e. The minimum absolute atomic E-state index is 0.822. The molecule has 2 aromatic rings. The molecule has 0 unspecified atom stereocenters. The van der Waals surface area contributed by atoms with Gasteiger partial charge in [0.2, 0.25) is 0 Å². The largest absolute Gasteiger partial charge is 0.378 e. The summed E-state index contributed by atoms with van der Waals surface area (Å²) in [5.74, 6) is 0. The molecular formula is C20H23NO. The van der Waals surface area contributed by atoms with Gasteiger partial charge in [0.05, 0.1) is 13.2 Å². The van der Waals surface area contributed by atoms with Gasteiger partial charge in [0.15, 0.2) is 0 Å². The van der Waals surface area contributed by atoms with Crippen molar-refractivity contribution in [2.45, 2.75) is 12.8 Å². The highest BCUT2D eigenvalue weighted by Gasteiger charge is 2.14. The molecule has 1 heterocycles. The minimum Gasteiger partial charge on any atom is -0.378 e. The van der Waals surface area contributed by atoms with E-state index in [0.717, 1.165) is 39.1 Å². The zero-order valence-corrected chi connectivity index (χ0v) is 12.9. The predicted molar refractivity (Wildman–Crippen MR) is 91.6 cm³/mol. The number of morpholine rings is 1. The molecule has 0 spiro atoms. The van der Waals surface area contributed by atoms with E-state index < -0.39 is 0 Å². The Hall–Kier alpha value is -2.06. The summed E-state index contributed by atoms with van der Waals surface area (Å²) in [4.78, 5) is 2.45. The van der Waals surface area contributed by atoms with Crippen molar-refractivity contribution in [1.29, 1.82) is 0 Å². The first-order valence-corrected chi connectivity index (χ1v) is 8.06. The van der Waals surface area contributed by atoms with E-state index in [2.05, 4.69) is 71.6 Å². The van der Waals surface area contributed by atoms with Crippen LogP contribution in [0.25, 0.3) is 5.70 Å². The fourth-order valence-electron chi connectivity index (χ4n) is 2.86. The Labute approximate surface area is 133 Å². The van der Waals surface area contributed by atoms with Crippen LogP contribution in [0.1, 0.15) is 17.5 Å². The monoisotopic (exact) mass is 293 g/mol. The summed E-state index contributed by atoms with van der Waals surface area (Å²) in [7, 11) is 0. The van der Waals surface area contributed by atoms with Crippen LogP contribution in [0.15, 0.2) is 66.7 Å². The second-order valence-electron chi connectivity index (χ2n) is 5.58. The van der Waals surface area contributed by atoms with Gasteiger partial charge in [0, 0.05) is 18.8 Å². The lowest BCUT2D eigenvalue weighted by Gasteiger charge is -2.31. The van der Waals surface area contributed by atoms with Gasteiger partial charge < -0.3 is 9.64 Å². The van der Waals surface area contributed by atoms with Gasteiger partial charge in [-0.15, -0.1) is 0 Å². The summed E-state index contributed by atoms with van der Waals surface area (Å²) in [6.07, 6.45) is 4.53. The van der Waals surface area contributed by atoms with Crippen LogP contribution in [-0.2, 0) is 11.2 Å². The third-order valence-corrected chi connectivity index (χ3v) is 4.03. The molecule has 0 bridgehead atoms. The molecule has 2 nitrogen and oxygen atoms in total. The maximum Gasteiger partial charge on any atom is 0.0642 e. The highest BCUT2D eigenvalue weighted by atomic mass is 16.5. The molecule has 22 heavy (non-hydrogen) atoms. The van der Waals surface area contributed by atoms with Crippen LogP contribution in [0.2, 0.25) is 0 Å². The zero-order valence-electron chi connectivity index (χ0n) is 12.9. The van der Waals surface area contributed by atoms with Crippen LogP contribution in [0.3, 0.4) is 0 Å². The van der Waals surface area contributed by atoms with Crippen LogP contribution < -0.4 is 0 Å². The van der Waals surface area contributed by atoms with Crippen molar-refractivity contribution >= 4 is 5.70 Å². The Morgan fingerprint density at radius 2 is 1.55 bits per heavy atom. The van der Waals surface area contributed by atoms with Gasteiger partial charge in [-0.2, -0.15) is 0 Å². The summed E-state index contributed by atoms with van der Waals surface area (Å²) < 4.78 is 5.49. The summed E-state index contributed by atoms with van der Waals surface area (Å²) in [6.45, 7) is 3.60. The number of aryl methyl sites for hydroxylation is 1. The molecule has 1 aliphatic heterocycles. The third-order valence-electron chi connectivity index (χ3n) is 4.03. The van der Waals surface area contributed by atoms with E-state index in [1.54, 1.807) is 0 Å². The quantitative estimate of drug-likeness (QED) is 0.826. The van der Waals surface area contributed by atoms with Crippen molar-refractivity contribution in [2.24, 2.45) is 0 Å². The number of hydrogen-bond acceptors (Lipinski definition) is 2. The van der Waals surface area contributed by atoms with Crippen LogP contribution >= 0.6 is 0 Å². The molecule has 114 valence electrons. The highest BCUT2D eigenvalue weighted by Crippen LogP contribution is 2.21. The number of nitrogens with zero attached hydrogens (tertiary/aromatic N) is 1. The van der Waals surface area contributed by atoms with E-state index in [1.807, 2.05) is 0 Å². The molecule has 0 amide bonds. The minimum atomic E-state index is 0.822. The third kappa shape index (κ3) is 3.99. The summed E-state index contributed by atoms with van der Waals surface area (Å²) in [5.41, 5.74) is 4.05. The summed E-state index contributed by atoms with van der Waals surface area (Å²) in [6, 6.07) is 21.4. The fraction of sp³-hybridized carbons (Fsp3) is 0.300. The molecule has 1 saturated heterocycles. The lowest BCUT2D eigenvalue weighted by Crippen LogP contribution is -2.35. The molecule has 0 saturated carbocycles. The Morgan fingerprint density at radius 3 is 2.23 bits per heavy atom. The lowest BCUT2D eigenvalue weighted by molar-refractivity contribution is 0.0639. The first-order valence-electron chi connectivity index (χ1n) is 8.06. The summed E-state index contributed by atoms with van der Waals surface area (Å²) >= 11 is 0. The van der Waals surface area contributed by atoms with Crippen molar-refractivity contribution in [2.75, 3.05) is 26.3 Å². The maximum atomic E-state index is 5.49. The Balaban J connectivity index is 1.74. The van der Waals surface area contributed by atoms with E-state index in [-0.39, 0.29) is 0 Å². The van der Waals surface area contributed by atoms with Crippen molar-refractivity contribution in [3.05, 3.63) is 77.9 Å². The second-order valence-corrected chi connectivity index (χ2v) is 5.58. The van der Waals surface area contributed by atoms with Gasteiger partial charge in [0.25, 0.3) is 0 Å². The van der Waals surface area contributed by atoms with E-state index in [4.69, 9.17) is 4.74 Å². The van der Waals surface area contributed by atoms with Crippen LogP contribution in [-0.4, -0.2) is 31.2 Å². The van der Waals surface area contributed by atoms with Crippen molar-refractivity contribution in [1.82, 2.24) is 4.90 Å². The number of ether oxygens (including phenoxy) is 1. The topological polar surface area (TPSA) is 12.5 Å². The lowest BCUT2D eigenvalue weighted by atomic mass is 10.1. The number of hydrogen-bond donors (Lipinski definition) is 0. The van der Waals surface area contributed by atoms with Gasteiger partial charge in [-0.05, 0) is 24.0 Å². The fourth-order valence-corrected chi connectivity index (χ4v) is 2.86. The van der Waals surface area contributed by atoms with E-state index in [1.165, 1.54) is 16.8 Å². The molecule has 2 heteroatoms. The van der Waals surface area contributed by atoms with Gasteiger partial charge >= 0.3 is 0 Å². The van der Waals surface area contributed by atoms with Gasteiger partial charge in [0.1, 0.15) is 0 Å². The van der Waals surface area contributed by atoms with Crippen molar-refractivity contribution in [3.63, 3.8) is 0 Å². The average Bonchev–Trinajstić information content (AvgIpc) is 2.61. The predicted octanol–water partition coefficient (Wildman–Crippen LogP) is 3.99. The Morgan fingerprint density at radius 1 is 0.909 bits per heavy atom. The second kappa shape index (κ2) is 7.81. The number of allylic oxidation sites excluding steroid dienone is 1. The van der Waals surface area contributed by atoms with Crippen molar-refractivity contribution in [3.8, 4) is 0 Å². The number of benzene rings is 2. The van der Waals surface area contributed by atoms with Crippen molar-refractivity contribution < 1.29 is 4.74 Å². The molecular weight excluding hydrogens is 270 g/mol. The molecule has 2 aromatic carbocycles. The Bertz CT molecular complexity index is 586. The molecule has 1 fully saturated rings. The van der Waals surface area contributed by atoms with Crippen LogP contribution in [0.4, 0.5) is 0 Å². The Kier molecular flexibility index (Phi) is 5.27. The normalized spacial score (nSPS) is 15.8. The molecule has 1 aliphatic rings. The summed E-state index contributed by atoms with van der Waals surface area (Å²) in [5, 5.41) is 0. The van der Waals surface area contributed by atoms with Gasteiger partial charge in [-0.3, -0.25) is 0 Å². The SMILES string of the molecule is C(/CCc1ccccc1)=C(/c1ccccc1)N1CCOCC1. The maximum absolute atomic E-state index is 5.49. The highest BCUT2D eigenvalue weighted by molar-refractivity contribution is 5.64.